The van der Waals surface area contributed by atoms with Gasteiger partial charge in [-0.05, 0) is 69.8 Å². The zero-order valence-electron chi connectivity index (χ0n) is 13.2. The number of nitrogens with zero attached hydrogens (tertiary/aromatic N) is 2. The first-order chi connectivity index (χ1) is 9.51. The Morgan fingerprint density at radius 1 is 1.40 bits per heavy atom. The van der Waals surface area contributed by atoms with Crippen LogP contribution in [0.25, 0.3) is 0 Å². The maximum Gasteiger partial charge on any atom is 0.0661 e. The average molecular weight is 276 g/mol. The van der Waals surface area contributed by atoms with Crippen molar-refractivity contribution in [1.82, 2.24) is 15.3 Å². The first-order valence-corrected chi connectivity index (χ1v) is 7.55. The molecule has 1 atom stereocenters. The number of aryl methyl sites for hydroxylation is 1. The van der Waals surface area contributed by atoms with Crippen molar-refractivity contribution in [2.75, 3.05) is 14.1 Å². The van der Waals surface area contributed by atoms with E-state index in [0.717, 1.165) is 5.92 Å². The van der Waals surface area contributed by atoms with Crippen molar-refractivity contribution in [2.45, 2.75) is 51.1 Å². The van der Waals surface area contributed by atoms with Crippen molar-refractivity contribution in [3.8, 4) is 0 Å². The summed E-state index contributed by atoms with van der Waals surface area (Å²) < 4.78 is 0. The first kappa shape index (κ1) is 15.4. The summed E-state index contributed by atoms with van der Waals surface area (Å²) in [5.74, 6) is 6.77. The van der Waals surface area contributed by atoms with Gasteiger partial charge in [0, 0.05) is 17.9 Å². The minimum atomic E-state index is 0.0784. The van der Waals surface area contributed by atoms with Crippen molar-refractivity contribution in [2.24, 2.45) is 11.8 Å². The second-order valence-corrected chi connectivity index (χ2v) is 6.51. The number of nitrogens with one attached hydrogen (secondary N) is 1. The molecule has 0 amide bonds. The Morgan fingerprint density at radius 2 is 2.05 bits per heavy atom. The topological polar surface area (TPSA) is 54.2 Å². The molecule has 0 spiro atoms. The van der Waals surface area contributed by atoms with Gasteiger partial charge in [0.25, 0.3) is 0 Å². The minimum Gasteiger partial charge on any atom is -0.302 e. The van der Waals surface area contributed by atoms with E-state index in [4.69, 9.17) is 5.84 Å². The fourth-order valence-electron chi connectivity index (χ4n) is 3.57. The lowest BCUT2D eigenvalue weighted by atomic mass is 9.70. The summed E-state index contributed by atoms with van der Waals surface area (Å²) in [5, 5.41) is 0. The molecule has 0 bridgehead atoms. The first-order valence-electron chi connectivity index (χ1n) is 7.55. The third-order valence-corrected chi connectivity index (χ3v) is 5.13. The Morgan fingerprint density at radius 3 is 2.55 bits per heavy atom. The second kappa shape index (κ2) is 6.20. The number of hydrazine groups is 1. The molecule has 1 fully saturated rings. The van der Waals surface area contributed by atoms with Crippen LogP contribution >= 0.6 is 0 Å². The van der Waals surface area contributed by atoms with E-state index in [2.05, 4.69) is 49.3 Å². The number of rotatable bonds is 4. The Bertz CT molecular complexity index is 436. The molecule has 1 unspecified atom stereocenters. The van der Waals surface area contributed by atoms with Crippen LogP contribution in [0.4, 0.5) is 0 Å². The molecule has 1 aliphatic rings. The third kappa shape index (κ3) is 2.73. The predicted molar refractivity (Wildman–Crippen MR) is 83.1 cm³/mol. The standard InChI is InChI=1S/C16H28N4/c1-12-5-8-16(9-6-12,20(3)4)15(19-17)14-11-18-10-7-13(14)2/h7,10-12,15,19H,5-6,8-9,17H2,1-4H3. The second-order valence-electron chi connectivity index (χ2n) is 6.51. The third-order valence-electron chi connectivity index (χ3n) is 5.13. The van der Waals surface area contributed by atoms with Crippen LogP contribution < -0.4 is 11.3 Å². The number of pyridine rings is 1. The van der Waals surface area contributed by atoms with Crippen molar-refractivity contribution < 1.29 is 0 Å². The molecule has 1 aromatic heterocycles. The lowest BCUT2D eigenvalue weighted by molar-refractivity contribution is 0.0425. The Balaban J connectivity index is 2.38. The summed E-state index contributed by atoms with van der Waals surface area (Å²) in [6.07, 6.45) is 8.67. The molecule has 2 rings (SSSR count). The maximum absolute atomic E-state index is 5.96. The van der Waals surface area contributed by atoms with E-state index in [9.17, 15) is 0 Å². The van der Waals surface area contributed by atoms with Gasteiger partial charge in [-0.1, -0.05) is 6.92 Å². The van der Waals surface area contributed by atoms with E-state index >= 15 is 0 Å². The molecule has 1 heterocycles. The van der Waals surface area contributed by atoms with Gasteiger partial charge in [-0.25, -0.2) is 0 Å². The van der Waals surface area contributed by atoms with Crippen LogP contribution in [-0.4, -0.2) is 29.5 Å². The molecule has 4 heteroatoms. The summed E-state index contributed by atoms with van der Waals surface area (Å²) in [5.41, 5.74) is 5.64. The van der Waals surface area contributed by atoms with Crippen molar-refractivity contribution in [3.05, 3.63) is 29.6 Å². The van der Waals surface area contributed by atoms with Crippen molar-refractivity contribution in [1.29, 1.82) is 0 Å². The Labute approximate surface area is 122 Å². The molecule has 3 N–H and O–H groups in total. The molecule has 4 nitrogen and oxygen atoms in total. The van der Waals surface area contributed by atoms with E-state index < -0.39 is 0 Å². The largest absolute Gasteiger partial charge is 0.302 e. The van der Waals surface area contributed by atoms with E-state index in [-0.39, 0.29) is 11.6 Å². The van der Waals surface area contributed by atoms with Crippen LogP contribution in [0.2, 0.25) is 0 Å². The van der Waals surface area contributed by atoms with Gasteiger partial charge in [-0.3, -0.25) is 16.3 Å². The van der Waals surface area contributed by atoms with E-state index in [1.165, 1.54) is 36.8 Å². The highest BCUT2D eigenvalue weighted by Crippen LogP contribution is 2.43. The van der Waals surface area contributed by atoms with Gasteiger partial charge in [0.05, 0.1) is 6.04 Å². The molecule has 1 aliphatic carbocycles. The van der Waals surface area contributed by atoms with E-state index in [1.54, 1.807) is 0 Å². The molecule has 0 saturated heterocycles. The highest BCUT2D eigenvalue weighted by atomic mass is 15.3. The SMILES string of the molecule is Cc1ccncc1C(NN)C1(N(C)C)CCC(C)CC1. The highest BCUT2D eigenvalue weighted by Gasteiger charge is 2.43. The van der Waals surface area contributed by atoms with Gasteiger partial charge in [-0.15, -0.1) is 0 Å². The smallest absolute Gasteiger partial charge is 0.0661 e. The predicted octanol–water partition coefficient (Wildman–Crippen LogP) is 2.40. The zero-order valence-corrected chi connectivity index (χ0v) is 13.2. The normalized spacial score (nSPS) is 28.6. The maximum atomic E-state index is 5.96. The van der Waals surface area contributed by atoms with E-state index in [0.29, 0.717) is 0 Å². The fourth-order valence-corrected chi connectivity index (χ4v) is 3.57. The van der Waals surface area contributed by atoms with Crippen molar-refractivity contribution in [3.63, 3.8) is 0 Å². The number of hydrogen-bond acceptors (Lipinski definition) is 4. The lowest BCUT2D eigenvalue weighted by Gasteiger charge is -2.49. The molecule has 20 heavy (non-hydrogen) atoms. The molecule has 0 aromatic carbocycles. The molecule has 1 aromatic rings. The summed E-state index contributed by atoms with van der Waals surface area (Å²) in [6.45, 7) is 4.48. The van der Waals surface area contributed by atoms with Crippen LogP contribution in [0, 0.1) is 12.8 Å². The van der Waals surface area contributed by atoms with Crippen LogP contribution in [0.5, 0.6) is 0 Å². The molecule has 0 radical (unpaired) electrons. The number of aromatic nitrogens is 1. The Kier molecular flexibility index (Phi) is 4.78. The summed E-state index contributed by atoms with van der Waals surface area (Å²) in [4.78, 5) is 6.66. The Hall–Kier alpha value is -0.970. The fraction of sp³-hybridized carbons (Fsp3) is 0.688. The van der Waals surface area contributed by atoms with Gasteiger partial charge in [0.2, 0.25) is 0 Å². The molecular weight excluding hydrogens is 248 g/mol. The van der Waals surface area contributed by atoms with E-state index in [1.807, 2.05) is 12.4 Å². The highest BCUT2D eigenvalue weighted by molar-refractivity contribution is 5.29. The quantitative estimate of drug-likeness (QED) is 0.655. The van der Waals surface area contributed by atoms with Crippen molar-refractivity contribution >= 4 is 0 Å². The van der Waals surface area contributed by atoms with Gasteiger partial charge < -0.3 is 4.90 Å². The average Bonchev–Trinajstić information content (AvgIpc) is 2.43. The van der Waals surface area contributed by atoms with Gasteiger partial charge >= 0.3 is 0 Å². The number of likely N-dealkylation sites (N-methyl/N-ethyl adjacent to an activating group) is 1. The van der Waals surface area contributed by atoms with Gasteiger partial charge in [0.15, 0.2) is 0 Å². The minimum absolute atomic E-state index is 0.0784. The monoisotopic (exact) mass is 276 g/mol. The lowest BCUT2D eigenvalue weighted by Crippen LogP contribution is -2.57. The van der Waals surface area contributed by atoms with Crippen LogP contribution in [-0.2, 0) is 0 Å². The van der Waals surface area contributed by atoms with Gasteiger partial charge in [0.1, 0.15) is 0 Å². The molecule has 1 saturated carbocycles. The number of nitrogens with two attached hydrogens (primary N) is 1. The summed E-state index contributed by atoms with van der Waals surface area (Å²) >= 11 is 0. The molecule has 0 aliphatic heterocycles. The molecular formula is C16H28N4. The van der Waals surface area contributed by atoms with Crippen LogP contribution in [0.1, 0.15) is 49.8 Å². The summed E-state index contributed by atoms with van der Waals surface area (Å²) in [7, 11) is 4.35. The van der Waals surface area contributed by atoms with Crippen LogP contribution in [0.15, 0.2) is 18.5 Å². The molecule has 112 valence electrons. The zero-order chi connectivity index (χ0) is 14.8. The summed E-state index contributed by atoms with van der Waals surface area (Å²) in [6, 6.07) is 2.19. The van der Waals surface area contributed by atoms with Crippen LogP contribution in [0.3, 0.4) is 0 Å². The number of hydrogen-bond donors (Lipinski definition) is 2. The van der Waals surface area contributed by atoms with Gasteiger partial charge in [-0.2, -0.15) is 0 Å².